The van der Waals surface area contributed by atoms with E-state index in [9.17, 15) is 18.7 Å². The topological polar surface area (TPSA) is 70.4 Å². The van der Waals surface area contributed by atoms with Crippen molar-refractivity contribution in [3.05, 3.63) is 98.6 Å². The number of nitrogens with one attached hydrogen (secondary N) is 1. The fourth-order valence-electron chi connectivity index (χ4n) is 3.03. The number of fused-ring (bicyclic) bond motifs is 1. The van der Waals surface area contributed by atoms with Gasteiger partial charge in [0.15, 0.2) is 23.1 Å². The third kappa shape index (κ3) is 3.48. The number of H-pyrrole nitrogens is 1. The third-order valence-electron chi connectivity index (χ3n) is 4.55. The van der Waals surface area contributed by atoms with Gasteiger partial charge >= 0.3 is 0 Å². The maximum Gasteiger partial charge on any atom is 0.278 e. The molecule has 2 aromatic heterocycles. The molecule has 0 aliphatic rings. The minimum Gasteiger partial charge on any atom is -0.507 e. The second kappa shape index (κ2) is 7.24. The Kier molecular flexibility index (Phi) is 4.61. The van der Waals surface area contributed by atoms with Gasteiger partial charge in [0.05, 0.1) is 5.56 Å². The summed E-state index contributed by atoms with van der Waals surface area (Å²) < 4.78 is 27.8. The molecule has 0 amide bonds. The van der Waals surface area contributed by atoms with Crippen LogP contribution in [0.4, 0.5) is 8.78 Å². The third-order valence-corrected chi connectivity index (χ3v) is 4.55. The van der Waals surface area contributed by atoms with E-state index >= 15 is 0 Å². The average molecular weight is 391 g/mol. The molecule has 7 heteroatoms. The van der Waals surface area contributed by atoms with Gasteiger partial charge in [0.25, 0.3) is 5.56 Å². The first-order valence-corrected chi connectivity index (χ1v) is 8.78. The van der Waals surface area contributed by atoms with Crippen LogP contribution >= 0.6 is 0 Å². The molecule has 0 aliphatic carbocycles. The van der Waals surface area contributed by atoms with Crippen LogP contribution in [0.15, 0.2) is 53.3 Å². The lowest BCUT2D eigenvalue weighted by atomic mass is 10.0. The second-order valence-corrected chi connectivity index (χ2v) is 6.53. The summed E-state index contributed by atoms with van der Waals surface area (Å²) in [5, 5.41) is 13.3. The van der Waals surface area contributed by atoms with Gasteiger partial charge in [-0.15, -0.1) is 0 Å². The number of halogens is 2. The Morgan fingerprint density at radius 1 is 1.10 bits per heavy atom. The monoisotopic (exact) mass is 391 g/mol. The van der Waals surface area contributed by atoms with Gasteiger partial charge in [-0.05, 0) is 42.7 Å². The van der Waals surface area contributed by atoms with E-state index in [1.165, 1.54) is 10.6 Å². The molecule has 0 spiro atoms. The van der Waals surface area contributed by atoms with Crippen molar-refractivity contribution in [3.8, 4) is 17.6 Å². The van der Waals surface area contributed by atoms with Gasteiger partial charge in [0.1, 0.15) is 5.75 Å². The molecule has 4 rings (SSSR count). The number of hydrogen-bond acceptors (Lipinski definition) is 3. The zero-order chi connectivity index (χ0) is 20.5. The highest BCUT2D eigenvalue weighted by Crippen LogP contribution is 2.24. The van der Waals surface area contributed by atoms with Crippen molar-refractivity contribution < 1.29 is 13.9 Å². The molecule has 5 nitrogen and oxygen atoms in total. The van der Waals surface area contributed by atoms with Crippen molar-refractivity contribution in [1.29, 1.82) is 0 Å². The molecule has 0 radical (unpaired) electrons. The Hall–Kier alpha value is -3.92. The fraction of sp³-hybridized carbons (Fsp3) is 0.0909. The van der Waals surface area contributed by atoms with Crippen LogP contribution in [0.1, 0.15) is 28.1 Å². The maximum absolute atomic E-state index is 13.5. The van der Waals surface area contributed by atoms with Crippen LogP contribution in [0.3, 0.4) is 0 Å². The molecule has 0 unspecified atom stereocenters. The van der Waals surface area contributed by atoms with Crippen molar-refractivity contribution in [3.63, 3.8) is 0 Å². The van der Waals surface area contributed by atoms with Gasteiger partial charge in [-0.25, -0.2) is 13.8 Å². The molecular formula is C22H15F2N3O2. The lowest BCUT2D eigenvalue weighted by Crippen LogP contribution is -2.20. The SMILES string of the molecule is Cc1c(O)c(Cc2ccc(F)c(F)c2)c(=O)n2[nH]c(C#Cc3ccccc3)nc12. The van der Waals surface area contributed by atoms with Gasteiger partial charge in [-0.2, -0.15) is 4.52 Å². The van der Waals surface area contributed by atoms with E-state index < -0.39 is 17.2 Å². The summed E-state index contributed by atoms with van der Waals surface area (Å²) in [6.07, 6.45) is -0.0598. The van der Waals surface area contributed by atoms with E-state index in [0.29, 0.717) is 11.1 Å². The van der Waals surface area contributed by atoms with Crippen molar-refractivity contribution in [2.45, 2.75) is 13.3 Å². The molecule has 2 N–H and O–H groups in total. The molecule has 144 valence electrons. The first-order valence-electron chi connectivity index (χ1n) is 8.78. The predicted octanol–water partition coefficient (Wildman–Crippen LogP) is 3.31. The summed E-state index contributed by atoms with van der Waals surface area (Å²) in [6.45, 7) is 1.62. The number of aryl methyl sites for hydroxylation is 1. The fourth-order valence-corrected chi connectivity index (χ4v) is 3.03. The number of aromatic hydroxyl groups is 1. The minimum atomic E-state index is -1.01. The highest BCUT2D eigenvalue weighted by molar-refractivity contribution is 5.58. The highest BCUT2D eigenvalue weighted by Gasteiger charge is 2.18. The van der Waals surface area contributed by atoms with E-state index in [2.05, 4.69) is 21.9 Å². The van der Waals surface area contributed by atoms with Crippen LogP contribution < -0.4 is 5.56 Å². The summed E-state index contributed by atoms with van der Waals surface area (Å²) >= 11 is 0. The highest BCUT2D eigenvalue weighted by atomic mass is 19.2. The van der Waals surface area contributed by atoms with E-state index in [4.69, 9.17) is 0 Å². The van der Waals surface area contributed by atoms with Gasteiger partial charge in [-0.3, -0.25) is 9.89 Å². The molecule has 29 heavy (non-hydrogen) atoms. The van der Waals surface area contributed by atoms with E-state index in [1.807, 2.05) is 30.3 Å². The summed E-state index contributed by atoms with van der Waals surface area (Å²) in [5.74, 6) is 3.85. The number of pyridine rings is 1. The molecule has 2 heterocycles. The van der Waals surface area contributed by atoms with Gasteiger partial charge in [-0.1, -0.05) is 30.2 Å². The summed E-state index contributed by atoms with van der Waals surface area (Å²) in [5.41, 5.74) is 1.30. The molecule has 0 bridgehead atoms. The molecule has 0 saturated heterocycles. The molecule has 0 saturated carbocycles. The second-order valence-electron chi connectivity index (χ2n) is 6.53. The van der Waals surface area contributed by atoms with Crippen LogP contribution in [-0.4, -0.2) is 19.7 Å². The van der Waals surface area contributed by atoms with E-state index in [0.717, 1.165) is 17.7 Å². The van der Waals surface area contributed by atoms with Crippen LogP contribution in [-0.2, 0) is 6.42 Å². The summed E-state index contributed by atoms with van der Waals surface area (Å²) in [4.78, 5) is 17.1. The Labute approximate surface area is 164 Å². The number of aromatic amines is 1. The van der Waals surface area contributed by atoms with E-state index in [-0.39, 0.29) is 29.2 Å². The molecular weight excluding hydrogens is 376 g/mol. The maximum atomic E-state index is 13.5. The molecule has 4 aromatic rings. The standard InChI is InChI=1S/C22H15F2N3O2/c1-13-20(28)16(11-15-7-9-17(23)18(24)12-15)22(29)27-21(13)25-19(26-27)10-8-14-5-3-2-4-6-14/h2-7,9,12,28H,11H2,1H3,(H,25,26). The van der Waals surface area contributed by atoms with Crippen LogP contribution in [0, 0.1) is 30.4 Å². The van der Waals surface area contributed by atoms with Crippen molar-refractivity contribution in [2.24, 2.45) is 0 Å². The first kappa shape index (κ1) is 18.4. The summed E-state index contributed by atoms with van der Waals surface area (Å²) in [7, 11) is 0. The van der Waals surface area contributed by atoms with Crippen LogP contribution in [0.25, 0.3) is 5.65 Å². The van der Waals surface area contributed by atoms with Crippen molar-refractivity contribution >= 4 is 5.65 Å². The lowest BCUT2D eigenvalue weighted by molar-refractivity contribution is 0.462. The normalized spacial score (nSPS) is 10.7. The molecule has 0 atom stereocenters. The Morgan fingerprint density at radius 2 is 1.86 bits per heavy atom. The number of aromatic nitrogens is 3. The number of hydrogen-bond donors (Lipinski definition) is 2. The predicted molar refractivity (Wildman–Crippen MR) is 104 cm³/mol. The van der Waals surface area contributed by atoms with Crippen LogP contribution in [0.2, 0.25) is 0 Å². The Balaban J connectivity index is 1.78. The summed E-state index contributed by atoms with van der Waals surface area (Å²) in [6, 6.07) is 12.6. The van der Waals surface area contributed by atoms with Gasteiger partial charge in [0, 0.05) is 17.5 Å². The largest absolute Gasteiger partial charge is 0.507 e. The Morgan fingerprint density at radius 3 is 2.59 bits per heavy atom. The van der Waals surface area contributed by atoms with E-state index in [1.54, 1.807) is 6.92 Å². The number of nitrogens with zero attached hydrogens (tertiary/aromatic N) is 2. The van der Waals surface area contributed by atoms with Gasteiger partial charge < -0.3 is 5.11 Å². The minimum absolute atomic E-state index is 0.0530. The molecule has 0 fully saturated rings. The van der Waals surface area contributed by atoms with Gasteiger partial charge in [0.2, 0.25) is 0 Å². The lowest BCUT2D eigenvalue weighted by Gasteiger charge is -2.08. The first-order chi connectivity index (χ1) is 13.9. The zero-order valence-corrected chi connectivity index (χ0v) is 15.3. The zero-order valence-electron chi connectivity index (χ0n) is 15.3. The smallest absolute Gasteiger partial charge is 0.278 e. The van der Waals surface area contributed by atoms with Crippen LogP contribution in [0.5, 0.6) is 5.75 Å². The molecule has 2 aromatic carbocycles. The quantitative estimate of drug-likeness (QED) is 0.515. The average Bonchev–Trinajstić information content (AvgIpc) is 3.16. The van der Waals surface area contributed by atoms with Crippen molar-refractivity contribution in [1.82, 2.24) is 14.6 Å². The Bertz CT molecular complexity index is 1350. The molecule has 0 aliphatic heterocycles. The van der Waals surface area contributed by atoms with Crippen molar-refractivity contribution in [2.75, 3.05) is 0 Å². The number of benzene rings is 2. The number of rotatable bonds is 2.